The molecule has 96 valence electrons. The molecule has 0 heterocycles. The van der Waals surface area contributed by atoms with Crippen LogP contribution < -0.4 is 18.1 Å². The summed E-state index contributed by atoms with van der Waals surface area (Å²) in [6.45, 7) is 0.932. The lowest BCUT2D eigenvalue weighted by Gasteiger charge is -2.02. The van der Waals surface area contributed by atoms with Gasteiger partial charge in [-0.2, -0.15) is 0 Å². The first kappa shape index (κ1) is 16.7. The van der Waals surface area contributed by atoms with E-state index >= 15 is 0 Å². The molecule has 3 N–H and O–H groups in total. The van der Waals surface area contributed by atoms with Crippen LogP contribution in [-0.2, 0) is 0 Å². The van der Waals surface area contributed by atoms with Crippen molar-refractivity contribution >= 4 is 29.0 Å². The van der Waals surface area contributed by atoms with Crippen molar-refractivity contribution in [1.29, 1.82) is 0 Å². The van der Waals surface area contributed by atoms with Crippen molar-refractivity contribution in [3.63, 3.8) is 0 Å². The summed E-state index contributed by atoms with van der Waals surface area (Å²) in [4.78, 5) is 11.8. The van der Waals surface area contributed by atoms with Gasteiger partial charge in [0.25, 0.3) is 0 Å². The van der Waals surface area contributed by atoms with Crippen molar-refractivity contribution in [2.45, 2.75) is 25.7 Å². The first-order valence-electron chi connectivity index (χ1n) is 5.42. The number of quaternary nitrogens is 1. The molecule has 0 unspecified atom stereocenters. The average Bonchev–Trinajstić information content (AvgIpc) is 2.28. The van der Waals surface area contributed by atoms with Crippen LogP contribution in [0.25, 0.3) is 0 Å². The van der Waals surface area contributed by atoms with Crippen LogP contribution in [0.5, 0.6) is 0 Å². The highest BCUT2D eigenvalue weighted by molar-refractivity contribution is 6.42. The number of Topliss-reactive ketones (excluding diaryl/α,β-unsaturated/α-hetero) is 1. The quantitative estimate of drug-likeness (QED) is 0.582. The Morgan fingerprint density at radius 3 is 2.41 bits per heavy atom. The highest BCUT2D eigenvalue weighted by Gasteiger charge is 2.07. The summed E-state index contributed by atoms with van der Waals surface area (Å²) in [5.41, 5.74) is 4.41. The van der Waals surface area contributed by atoms with Crippen molar-refractivity contribution in [3.8, 4) is 0 Å². The Kier molecular flexibility index (Phi) is 8.61. The van der Waals surface area contributed by atoms with E-state index in [1.807, 2.05) is 0 Å². The summed E-state index contributed by atoms with van der Waals surface area (Å²) < 4.78 is 0. The van der Waals surface area contributed by atoms with Gasteiger partial charge in [-0.25, -0.2) is 0 Å². The number of ketones is 1. The van der Waals surface area contributed by atoms with Crippen molar-refractivity contribution in [2.24, 2.45) is 0 Å². The molecule has 2 nitrogen and oxygen atoms in total. The summed E-state index contributed by atoms with van der Waals surface area (Å²) in [5, 5.41) is 0.917. The van der Waals surface area contributed by atoms with E-state index in [1.54, 1.807) is 18.2 Å². The summed E-state index contributed by atoms with van der Waals surface area (Å²) in [6, 6.07) is 5.01. The predicted molar refractivity (Wildman–Crippen MR) is 67.0 cm³/mol. The number of halogens is 3. The van der Waals surface area contributed by atoms with Gasteiger partial charge in [-0.05, 0) is 37.5 Å². The second kappa shape index (κ2) is 8.76. The average molecular weight is 297 g/mol. The van der Waals surface area contributed by atoms with E-state index in [1.165, 1.54) is 0 Å². The van der Waals surface area contributed by atoms with E-state index < -0.39 is 0 Å². The van der Waals surface area contributed by atoms with Crippen LogP contribution in [0.3, 0.4) is 0 Å². The molecule has 17 heavy (non-hydrogen) atoms. The molecule has 0 aliphatic carbocycles. The van der Waals surface area contributed by atoms with Crippen molar-refractivity contribution in [3.05, 3.63) is 33.8 Å². The normalized spacial score (nSPS) is 9.82. The fourth-order valence-corrected chi connectivity index (χ4v) is 1.75. The van der Waals surface area contributed by atoms with Gasteiger partial charge in [0.1, 0.15) is 0 Å². The smallest absolute Gasteiger partial charge is 0.162 e. The number of unbranched alkanes of at least 4 members (excludes halogenated alkanes) is 2. The summed E-state index contributed by atoms with van der Waals surface area (Å²) in [5.74, 6) is 0.127. The molecule has 1 aromatic carbocycles. The van der Waals surface area contributed by atoms with E-state index in [0.717, 1.165) is 25.8 Å². The van der Waals surface area contributed by atoms with Crippen LogP contribution in [0.15, 0.2) is 18.2 Å². The molecular weight excluding hydrogens is 280 g/mol. The molecule has 0 spiro atoms. The first-order valence-corrected chi connectivity index (χ1v) is 6.18. The van der Waals surface area contributed by atoms with Gasteiger partial charge in [-0.3, -0.25) is 4.79 Å². The Morgan fingerprint density at radius 2 is 1.82 bits per heavy atom. The maximum atomic E-state index is 11.8. The van der Waals surface area contributed by atoms with E-state index in [9.17, 15) is 4.79 Å². The molecule has 0 bridgehead atoms. The highest BCUT2D eigenvalue weighted by Crippen LogP contribution is 2.23. The minimum absolute atomic E-state index is 0. The molecule has 0 aliphatic heterocycles. The van der Waals surface area contributed by atoms with Gasteiger partial charge in [0.2, 0.25) is 0 Å². The van der Waals surface area contributed by atoms with Crippen molar-refractivity contribution in [1.82, 2.24) is 0 Å². The molecule has 1 rings (SSSR count). The van der Waals surface area contributed by atoms with Gasteiger partial charge in [0.05, 0.1) is 16.6 Å². The fourth-order valence-electron chi connectivity index (χ4n) is 1.45. The number of hydrogen-bond acceptors (Lipinski definition) is 1. The monoisotopic (exact) mass is 295 g/mol. The number of hydrogen-bond donors (Lipinski definition) is 1. The topological polar surface area (TPSA) is 44.7 Å². The zero-order valence-electron chi connectivity index (χ0n) is 9.52. The van der Waals surface area contributed by atoms with Gasteiger partial charge in [-0.15, -0.1) is 0 Å². The van der Waals surface area contributed by atoms with Gasteiger partial charge < -0.3 is 18.1 Å². The van der Waals surface area contributed by atoms with Gasteiger partial charge in [0.15, 0.2) is 5.78 Å². The maximum Gasteiger partial charge on any atom is 0.162 e. The molecular formula is C12H16Cl3NO. The van der Waals surface area contributed by atoms with E-state index in [0.29, 0.717) is 22.0 Å². The molecule has 0 saturated heterocycles. The largest absolute Gasteiger partial charge is 1.00 e. The summed E-state index contributed by atoms with van der Waals surface area (Å²) >= 11 is 11.6. The Labute approximate surface area is 118 Å². The van der Waals surface area contributed by atoms with E-state index in [4.69, 9.17) is 23.2 Å². The summed E-state index contributed by atoms with van der Waals surface area (Å²) in [6.07, 6.45) is 3.61. The van der Waals surface area contributed by atoms with Gasteiger partial charge in [0, 0.05) is 12.0 Å². The summed E-state index contributed by atoms with van der Waals surface area (Å²) in [7, 11) is 0. The zero-order valence-corrected chi connectivity index (χ0v) is 11.8. The lowest BCUT2D eigenvalue weighted by molar-refractivity contribution is -0.368. The van der Waals surface area contributed by atoms with Crippen LogP contribution in [0.2, 0.25) is 10.0 Å². The van der Waals surface area contributed by atoms with Crippen LogP contribution in [0.4, 0.5) is 0 Å². The Morgan fingerprint density at radius 1 is 1.12 bits per heavy atom. The second-order valence-corrected chi connectivity index (χ2v) is 4.53. The Bertz CT molecular complexity index is 369. The van der Waals surface area contributed by atoms with Gasteiger partial charge in [-0.1, -0.05) is 23.2 Å². The predicted octanol–water partition coefficient (Wildman–Crippen LogP) is -0.0176. The van der Waals surface area contributed by atoms with Crippen LogP contribution >= 0.6 is 23.2 Å². The van der Waals surface area contributed by atoms with Crippen molar-refractivity contribution < 1.29 is 22.9 Å². The van der Waals surface area contributed by atoms with Crippen LogP contribution in [0, 0.1) is 0 Å². The molecule has 0 radical (unpaired) electrons. The molecule has 0 aliphatic rings. The van der Waals surface area contributed by atoms with Gasteiger partial charge >= 0.3 is 0 Å². The SMILES string of the molecule is [Cl-].[NH3+]CCCCCC(=O)c1ccc(Cl)c(Cl)c1. The standard InChI is InChI=1S/C12H15Cl2NO.ClH/c13-10-6-5-9(8-11(10)14)12(16)4-2-1-3-7-15;/h5-6,8H,1-4,7,15H2;1H. The van der Waals surface area contributed by atoms with E-state index in [-0.39, 0.29) is 18.2 Å². The number of rotatable bonds is 6. The molecule has 0 aromatic heterocycles. The maximum absolute atomic E-state index is 11.8. The first-order chi connectivity index (χ1) is 7.65. The van der Waals surface area contributed by atoms with Crippen LogP contribution in [0.1, 0.15) is 36.0 Å². The number of carbonyl (C=O) groups excluding carboxylic acids is 1. The molecule has 0 atom stereocenters. The zero-order chi connectivity index (χ0) is 12.0. The Balaban J connectivity index is 0.00000256. The van der Waals surface area contributed by atoms with Crippen molar-refractivity contribution in [2.75, 3.05) is 6.54 Å². The Hall–Kier alpha value is -0.280. The van der Waals surface area contributed by atoms with Crippen LogP contribution in [-0.4, -0.2) is 12.3 Å². The number of benzene rings is 1. The molecule has 0 fully saturated rings. The molecule has 5 heteroatoms. The van der Waals surface area contributed by atoms with E-state index in [2.05, 4.69) is 5.73 Å². The minimum Gasteiger partial charge on any atom is -1.00 e. The minimum atomic E-state index is 0. The lowest BCUT2D eigenvalue weighted by Crippen LogP contribution is -3.00. The highest BCUT2D eigenvalue weighted by atomic mass is 35.5. The molecule has 0 amide bonds. The second-order valence-electron chi connectivity index (χ2n) is 3.72. The molecule has 0 saturated carbocycles. The third kappa shape index (κ3) is 5.73. The fraction of sp³-hybridized carbons (Fsp3) is 0.417. The third-order valence-corrected chi connectivity index (χ3v) is 3.13. The third-order valence-electron chi connectivity index (χ3n) is 2.40. The molecule has 1 aromatic rings. The number of carbonyl (C=O) groups is 1. The lowest BCUT2D eigenvalue weighted by atomic mass is 10.0.